The van der Waals surface area contributed by atoms with Crippen LogP contribution in [0.4, 0.5) is 0 Å². The molecule has 1 N–H and O–H groups in total. The highest BCUT2D eigenvalue weighted by atomic mass is 16.7. The van der Waals surface area contributed by atoms with Gasteiger partial charge in [0.15, 0.2) is 0 Å². The van der Waals surface area contributed by atoms with Crippen molar-refractivity contribution in [3.8, 4) is 0 Å². The van der Waals surface area contributed by atoms with E-state index in [2.05, 4.69) is 11.3 Å². The van der Waals surface area contributed by atoms with Crippen LogP contribution in [0.2, 0.25) is 0 Å². The van der Waals surface area contributed by atoms with Crippen LogP contribution >= 0.6 is 0 Å². The smallest absolute Gasteiger partial charge is 0.309 e. The van der Waals surface area contributed by atoms with Crippen LogP contribution in [-0.4, -0.2) is 23.3 Å². The van der Waals surface area contributed by atoms with Crippen molar-refractivity contribution in [1.82, 2.24) is 0 Å². The molecule has 0 aromatic carbocycles. The van der Waals surface area contributed by atoms with E-state index in [0.717, 1.165) is 6.26 Å². The minimum Gasteiger partial charge on any atom is -0.481 e. The monoisotopic (exact) mass is 188 g/mol. The van der Waals surface area contributed by atoms with Crippen molar-refractivity contribution in [2.75, 3.05) is 0 Å². The Morgan fingerprint density at radius 1 is 1.54 bits per heavy atom. The molecule has 0 fully saturated rings. The van der Waals surface area contributed by atoms with Crippen LogP contribution in [0.15, 0.2) is 12.8 Å². The molecule has 0 radical (unpaired) electrons. The Kier molecular flexibility index (Phi) is 5.34. The molecule has 13 heavy (non-hydrogen) atoms. The van der Waals surface area contributed by atoms with Crippen LogP contribution in [0.25, 0.3) is 0 Å². The fourth-order valence-corrected chi connectivity index (χ4v) is 0.616. The van der Waals surface area contributed by atoms with Gasteiger partial charge in [0.1, 0.15) is 0 Å². The Bertz CT molecular complexity index is 199. The predicted octanol–water partition coefficient (Wildman–Crippen LogP) is 0.900. The van der Waals surface area contributed by atoms with Crippen molar-refractivity contribution in [1.29, 1.82) is 0 Å². The molecule has 0 aliphatic carbocycles. The third kappa shape index (κ3) is 6.86. The second-order valence-electron chi connectivity index (χ2n) is 2.25. The van der Waals surface area contributed by atoms with E-state index in [1.165, 1.54) is 6.92 Å². The van der Waals surface area contributed by atoms with Crippen molar-refractivity contribution in [2.24, 2.45) is 0 Å². The van der Waals surface area contributed by atoms with Crippen LogP contribution in [0.3, 0.4) is 0 Å². The van der Waals surface area contributed by atoms with Crippen molar-refractivity contribution >= 4 is 11.9 Å². The minimum absolute atomic E-state index is 0.153. The first-order valence-corrected chi connectivity index (χ1v) is 3.74. The summed E-state index contributed by atoms with van der Waals surface area (Å²) in [5.74, 6) is -1.63. The van der Waals surface area contributed by atoms with Crippen molar-refractivity contribution in [3.63, 3.8) is 0 Å². The lowest BCUT2D eigenvalue weighted by Gasteiger charge is -2.11. The van der Waals surface area contributed by atoms with Crippen LogP contribution < -0.4 is 0 Å². The van der Waals surface area contributed by atoms with Gasteiger partial charge in [-0.3, -0.25) is 9.59 Å². The molecule has 0 spiro atoms. The van der Waals surface area contributed by atoms with Crippen molar-refractivity contribution in [3.05, 3.63) is 12.8 Å². The zero-order valence-electron chi connectivity index (χ0n) is 7.36. The summed E-state index contributed by atoms with van der Waals surface area (Å²) in [6, 6.07) is 0. The molecule has 0 saturated carbocycles. The number of ether oxygens (including phenoxy) is 2. The highest BCUT2D eigenvalue weighted by Gasteiger charge is 2.10. The van der Waals surface area contributed by atoms with Gasteiger partial charge in [-0.15, -0.1) is 0 Å². The van der Waals surface area contributed by atoms with E-state index in [-0.39, 0.29) is 12.8 Å². The molecular formula is C8H12O5. The zero-order chi connectivity index (χ0) is 10.3. The standard InChI is InChI=1S/C8H12O5/c1-3-12-6(2)13-8(11)5-4-7(9)10/h3,6H,1,4-5H2,2H3,(H,9,10). The Hall–Kier alpha value is -1.52. The van der Waals surface area contributed by atoms with E-state index in [1.807, 2.05) is 0 Å². The van der Waals surface area contributed by atoms with Crippen molar-refractivity contribution in [2.45, 2.75) is 26.1 Å². The number of aliphatic carboxylic acids is 1. The third-order valence-electron chi connectivity index (χ3n) is 1.13. The van der Waals surface area contributed by atoms with Gasteiger partial charge in [0, 0.05) is 6.92 Å². The van der Waals surface area contributed by atoms with E-state index in [0.29, 0.717) is 0 Å². The molecule has 0 aliphatic heterocycles. The molecule has 0 rings (SSSR count). The highest BCUT2D eigenvalue weighted by Crippen LogP contribution is 1.99. The van der Waals surface area contributed by atoms with Gasteiger partial charge in [0.25, 0.3) is 0 Å². The van der Waals surface area contributed by atoms with Gasteiger partial charge in [-0.1, -0.05) is 6.58 Å². The lowest BCUT2D eigenvalue weighted by molar-refractivity contribution is -0.167. The molecule has 0 heterocycles. The molecule has 0 saturated heterocycles. The Balaban J connectivity index is 3.61. The first-order chi connectivity index (χ1) is 6.06. The molecule has 1 atom stereocenters. The first-order valence-electron chi connectivity index (χ1n) is 3.74. The summed E-state index contributed by atoms with van der Waals surface area (Å²) in [5, 5.41) is 8.24. The fraction of sp³-hybridized carbons (Fsp3) is 0.500. The van der Waals surface area contributed by atoms with Gasteiger partial charge in [-0.05, 0) is 0 Å². The van der Waals surface area contributed by atoms with Gasteiger partial charge in [0.05, 0.1) is 19.1 Å². The molecule has 0 amide bonds. The lowest BCUT2D eigenvalue weighted by Crippen LogP contribution is -2.16. The second-order valence-corrected chi connectivity index (χ2v) is 2.25. The predicted molar refractivity (Wildman–Crippen MR) is 43.7 cm³/mol. The number of esters is 1. The maximum absolute atomic E-state index is 10.8. The molecule has 0 aromatic rings. The number of rotatable bonds is 6. The first kappa shape index (κ1) is 11.5. The summed E-state index contributed by atoms with van der Waals surface area (Å²) >= 11 is 0. The maximum Gasteiger partial charge on any atom is 0.309 e. The lowest BCUT2D eigenvalue weighted by atomic mass is 10.3. The van der Waals surface area contributed by atoms with E-state index in [1.54, 1.807) is 0 Å². The molecule has 0 bridgehead atoms. The maximum atomic E-state index is 10.8. The van der Waals surface area contributed by atoms with Crippen LogP contribution in [0.5, 0.6) is 0 Å². The average Bonchev–Trinajstić information content (AvgIpc) is 2.01. The van der Waals surface area contributed by atoms with Gasteiger partial charge < -0.3 is 14.6 Å². The van der Waals surface area contributed by atoms with E-state index < -0.39 is 18.2 Å². The van der Waals surface area contributed by atoms with E-state index >= 15 is 0 Å². The highest BCUT2D eigenvalue weighted by molar-refractivity contribution is 5.76. The molecule has 0 aromatic heterocycles. The van der Waals surface area contributed by atoms with Gasteiger partial charge in [-0.25, -0.2) is 0 Å². The largest absolute Gasteiger partial charge is 0.481 e. The molecule has 5 heteroatoms. The summed E-state index contributed by atoms with van der Waals surface area (Å²) in [6.07, 6.45) is 0.0356. The fourth-order valence-electron chi connectivity index (χ4n) is 0.616. The summed E-state index contributed by atoms with van der Waals surface area (Å²) in [4.78, 5) is 20.9. The average molecular weight is 188 g/mol. The van der Waals surface area contributed by atoms with E-state index in [4.69, 9.17) is 9.84 Å². The number of carboxylic acids is 1. The summed E-state index contributed by atoms with van der Waals surface area (Å²) in [6.45, 7) is 4.79. The molecule has 74 valence electrons. The molecule has 1 unspecified atom stereocenters. The van der Waals surface area contributed by atoms with Gasteiger partial charge >= 0.3 is 11.9 Å². The quantitative estimate of drug-likeness (QED) is 0.381. The van der Waals surface area contributed by atoms with Gasteiger partial charge in [0.2, 0.25) is 6.29 Å². The topological polar surface area (TPSA) is 72.8 Å². The summed E-state index contributed by atoms with van der Waals surface area (Å²) in [5.41, 5.74) is 0. The number of carbonyl (C=O) groups is 2. The Labute approximate surface area is 75.9 Å². The molecular weight excluding hydrogens is 176 g/mol. The van der Waals surface area contributed by atoms with Crippen LogP contribution in [0, 0.1) is 0 Å². The zero-order valence-corrected chi connectivity index (χ0v) is 7.36. The van der Waals surface area contributed by atoms with Crippen LogP contribution in [-0.2, 0) is 19.1 Å². The third-order valence-corrected chi connectivity index (χ3v) is 1.13. The number of hydrogen-bond acceptors (Lipinski definition) is 4. The normalized spacial score (nSPS) is 11.5. The summed E-state index contributed by atoms with van der Waals surface area (Å²) < 4.78 is 9.34. The molecule has 5 nitrogen and oxygen atoms in total. The number of hydrogen-bond donors (Lipinski definition) is 1. The minimum atomic E-state index is -1.03. The Morgan fingerprint density at radius 3 is 2.62 bits per heavy atom. The summed E-state index contributed by atoms with van der Waals surface area (Å²) in [7, 11) is 0. The SMILES string of the molecule is C=COC(C)OC(=O)CCC(=O)O. The van der Waals surface area contributed by atoms with E-state index in [9.17, 15) is 9.59 Å². The van der Waals surface area contributed by atoms with Crippen molar-refractivity contribution < 1.29 is 24.2 Å². The number of carbonyl (C=O) groups excluding carboxylic acids is 1. The molecule has 0 aliphatic rings. The Morgan fingerprint density at radius 2 is 2.15 bits per heavy atom. The van der Waals surface area contributed by atoms with Crippen LogP contribution in [0.1, 0.15) is 19.8 Å². The van der Waals surface area contributed by atoms with Gasteiger partial charge in [-0.2, -0.15) is 0 Å². The second kappa shape index (κ2) is 6.05. The number of carboxylic acid groups (broad SMARTS) is 1.